The largest absolute Gasteiger partial charge is 0.392 e. The van der Waals surface area contributed by atoms with E-state index in [1.807, 2.05) is 18.2 Å². The predicted octanol–water partition coefficient (Wildman–Crippen LogP) is 0.301. The molecule has 0 bridgehead atoms. The van der Waals surface area contributed by atoms with Crippen LogP contribution in [-0.2, 0) is 6.61 Å². The van der Waals surface area contributed by atoms with E-state index in [0.717, 1.165) is 16.9 Å². The minimum atomic E-state index is 0.0507. The molecule has 0 aliphatic carbocycles. The normalized spacial score (nSPS) is 19.1. The number of nitrogens with two attached hydrogens (primary N) is 1. The molecule has 0 aromatic heterocycles. The maximum atomic E-state index is 9.06. The van der Waals surface area contributed by atoms with E-state index in [0.29, 0.717) is 6.54 Å². The Labute approximate surface area is 76.8 Å². The minimum Gasteiger partial charge on any atom is -0.392 e. The molecule has 4 nitrogen and oxygen atoms in total. The van der Waals surface area contributed by atoms with Crippen LogP contribution in [0, 0.1) is 0 Å². The van der Waals surface area contributed by atoms with Gasteiger partial charge in [0.05, 0.1) is 18.0 Å². The van der Waals surface area contributed by atoms with Gasteiger partial charge in [-0.3, -0.25) is 0 Å². The third-order valence-electron chi connectivity index (χ3n) is 2.21. The number of aliphatic hydroxyl groups excluding tert-OH is 1. The third-order valence-corrected chi connectivity index (χ3v) is 2.21. The number of para-hydroxylation sites is 1. The van der Waals surface area contributed by atoms with Gasteiger partial charge in [-0.1, -0.05) is 12.1 Å². The SMILES string of the molecule is NCC1Nc2cccc(CO)c2N1. The van der Waals surface area contributed by atoms with Crippen molar-refractivity contribution in [2.45, 2.75) is 12.8 Å². The highest BCUT2D eigenvalue weighted by Crippen LogP contribution is 2.31. The van der Waals surface area contributed by atoms with Crippen molar-refractivity contribution in [1.82, 2.24) is 0 Å². The van der Waals surface area contributed by atoms with E-state index >= 15 is 0 Å². The summed E-state index contributed by atoms with van der Waals surface area (Å²) >= 11 is 0. The molecule has 70 valence electrons. The molecule has 0 amide bonds. The molecule has 1 heterocycles. The molecule has 0 spiro atoms. The number of hydrogen-bond donors (Lipinski definition) is 4. The molecule has 5 N–H and O–H groups in total. The molecule has 1 unspecified atom stereocenters. The van der Waals surface area contributed by atoms with Crippen molar-refractivity contribution in [2.75, 3.05) is 17.2 Å². The molecular formula is C9H13N3O. The fourth-order valence-electron chi connectivity index (χ4n) is 1.54. The van der Waals surface area contributed by atoms with Gasteiger partial charge in [-0.15, -0.1) is 0 Å². The molecule has 0 saturated heterocycles. The highest BCUT2D eigenvalue weighted by molar-refractivity contribution is 5.77. The van der Waals surface area contributed by atoms with Crippen LogP contribution in [0.4, 0.5) is 11.4 Å². The highest BCUT2D eigenvalue weighted by Gasteiger charge is 2.19. The van der Waals surface area contributed by atoms with Gasteiger partial charge in [-0.2, -0.15) is 0 Å². The minimum absolute atomic E-state index is 0.0507. The zero-order valence-corrected chi connectivity index (χ0v) is 7.25. The Balaban J connectivity index is 2.33. The van der Waals surface area contributed by atoms with Crippen LogP contribution in [0.1, 0.15) is 5.56 Å². The lowest BCUT2D eigenvalue weighted by Crippen LogP contribution is -2.31. The van der Waals surface area contributed by atoms with Crippen molar-refractivity contribution in [3.8, 4) is 0 Å². The number of fused-ring (bicyclic) bond motifs is 1. The molecular weight excluding hydrogens is 166 g/mol. The fourth-order valence-corrected chi connectivity index (χ4v) is 1.54. The lowest BCUT2D eigenvalue weighted by molar-refractivity contribution is 0.282. The molecule has 0 saturated carbocycles. The maximum absolute atomic E-state index is 9.06. The number of anilines is 2. The summed E-state index contributed by atoms with van der Waals surface area (Å²) in [5.74, 6) is 0. The molecule has 1 atom stereocenters. The van der Waals surface area contributed by atoms with Crippen LogP contribution >= 0.6 is 0 Å². The van der Waals surface area contributed by atoms with Crippen LogP contribution in [0.25, 0.3) is 0 Å². The van der Waals surface area contributed by atoms with Crippen LogP contribution in [-0.4, -0.2) is 17.8 Å². The summed E-state index contributed by atoms with van der Waals surface area (Å²) in [5, 5.41) is 15.5. The number of rotatable bonds is 2. The summed E-state index contributed by atoms with van der Waals surface area (Å²) in [4.78, 5) is 0. The van der Waals surface area contributed by atoms with E-state index < -0.39 is 0 Å². The zero-order chi connectivity index (χ0) is 9.26. The molecule has 1 aliphatic heterocycles. The fraction of sp³-hybridized carbons (Fsp3) is 0.333. The van der Waals surface area contributed by atoms with Gasteiger partial charge in [0.2, 0.25) is 0 Å². The Hall–Kier alpha value is -1.26. The van der Waals surface area contributed by atoms with Crippen molar-refractivity contribution in [2.24, 2.45) is 5.73 Å². The molecule has 4 heteroatoms. The monoisotopic (exact) mass is 179 g/mol. The number of benzene rings is 1. The van der Waals surface area contributed by atoms with Gasteiger partial charge in [0.25, 0.3) is 0 Å². The average Bonchev–Trinajstić information content (AvgIpc) is 2.59. The lowest BCUT2D eigenvalue weighted by Gasteiger charge is -2.08. The first-order valence-electron chi connectivity index (χ1n) is 4.31. The molecule has 0 fully saturated rings. The number of nitrogens with one attached hydrogen (secondary N) is 2. The summed E-state index contributed by atoms with van der Waals surface area (Å²) in [7, 11) is 0. The van der Waals surface area contributed by atoms with Crippen molar-refractivity contribution in [3.05, 3.63) is 23.8 Å². The number of aliphatic hydroxyl groups is 1. The van der Waals surface area contributed by atoms with Gasteiger partial charge in [-0.25, -0.2) is 0 Å². The Bertz CT molecular complexity index is 314. The predicted molar refractivity (Wildman–Crippen MR) is 52.5 cm³/mol. The summed E-state index contributed by atoms with van der Waals surface area (Å²) in [6.45, 7) is 0.578. The van der Waals surface area contributed by atoms with E-state index in [-0.39, 0.29) is 12.8 Å². The molecule has 2 rings (SSSR count). The second-order valence-corrected chi connectivity index (χ2v) is 3.07. The van der Waals surface area contributed by atoms with Gasteiger partial charge in [-0.05, 0) is 6.07 Å². The first-order chi connectivity index (χ1) is 6.35. The topological polar surface area (TPSA) is 70.3 Å². The summed E-state index contributed by atoms with van der Waals surface area (Å²) in [6.07, 6.45) is 0.0858. The molecule has 13 heavy (non-hydrogen) atoms. The second-order valence-electron chi connectivity index (χ2n) is 3.07. The Kier molecular flexibility index (Phi) is 2.08. The Morgan fingerprint density at radius 1 is 1.38 bits per heavy atom. The van der Waals surface area contributed by atoms with Gasteiger partial charge in [0.15, 0.2) is 0 Å². The maximum Gasteiger partial charge on any atom is 0.109 e. The third kappa shape index (κ3) is 1.34. The lowest BCUT2D eigenvalue weighted by atomic mass is 10.1. The smallest absolute Gasteiger partial charge is 0.109 e. The average molecular weight is 179 g/mol. The molecule has 1 aromatic carbocycles. The van der Waals surface area contributed by atoms with E-state index in [1.54, 1.807) is 0 Å². The second kappa shape index (κ2) is 3.24. The van der Waals surface area contributed by atoms with Gasteiger partial charge >= 0.3 is 0 Å². The standard InChI is InChI=1S/C9H13N3O/c10-4-8-11-7-3-1-2-6(5-13)9(7)12-8/h1-3,8,11-13H,4-5,10H2. The van der Waals surface area contributed by atoms with Crippen molar-refractivity contribution in [1.29, 1.82) is 0 Å². The highest BCUT2D eigenvalue weighted by atomic mass is 16.3. The van der Waals surface area contributed by atoms with Crippen molar-refractivity contribution in [3.63, 3.8) is 0 Å². The van der Waals surface area contributed by atoms with E-state index in [1.165, 1.54) is 0 Å². The van der Waals surface area contributed by atoms with Crippen molar-refractivity contribution >= 4 is 11.4 Å². The Morgan fingerprint density at radius 2 is 2.23 bits per heavy atom. The molecule has 1 aromatic rings. The van der Waals surface area contributed by atoms with E-state index in [2.05, 4.69) is 10.6 Å². The molecule has 1 aliphatic rings. The first-order valence-corrected chi connectivity index (χ1v) is 4.31. The van der Waals surface area contributed by atoms with Crippen molar-refractivity contribution < 1.29 is 5.11 Å². The van der Waals surface area contributed by atoms with Gasteiger partial charge in [0, 0.05) is 12.1 Å². The summed E-state index contributed by atoms with van der Waals surface area (Å²) in [5.41, 5.74) is 8.41. The van der Waals surface area contributed by atoms with Crippen LogP contribution < -0.4 is 16.4 Å². The summed E-state index contributed by atoms with van der Waals surface area (Å²) < 4.78 is 0. The Morgan fingerprint density at radius 3 is 2.92 bits per heavy atom. The first kappa shape index (κ1) is 8.34. The van der Waals surface area contributed by atoms with Crippen LogP contribution in [0.15, 0.2) is 18.2 Å². The summed E-state index contributed by atoms with van der Waals surface area (Å²) in [6, 6.07) is 5.78. The zero-order valence-electron chi connectivity index (χ0n) is 7.25. The van der Waals surface area contributed by atoms with Gasteiger partial charge < -0.3 is 21.5 Å². The van der Waals surface area contributed by atoms with E-state index in [4.69, 9.17) is 10.8 Å². The van der Waals surface area contributed by atoms with Gasteiger partial charge in [0.1, 0.15) is 6.17 Å². The number of hydrogen-bond acceptors (Lipinski definition) is 4. The van der Waals surface area contributed by atoms with Crippen LogP contribution in [0.2, 0.25) is 0 Å². The van der Waals surface area contributed by atoms with E-state index in [9.17, 15) is 0 Å². The van der Waals surface area contributed by atoms with Crippen LogP contribution in [0.3, 0.4) is 0 Å². The van der Waals surface area contributed by atoms with Crippen LogP contribution in [0.5, 0.6) is 0 Å². The molecule has 0 radical (unpaired) electrons. The quantitative estimate of drug-likeness (QED) is 0.527.